The van der Waals surface area contributed by atoms with Crippen LogP contribution in [0.5, 0.6) is 11.5 Å². The van der Waals surface area contributed by atoms with Crippen LogP contribution in [0.4, 0.5) is 5.69 Å². The number of ether oxygens (including phenoxy) is 2. The van der Waals surface area contributed by atoms with Gasteiger partial charge in [-0.1, -0.05) is 44.2 Å². The molecular formula is C24H29N2O3S+. The van der Waals surface area contributed by atoms with Crippen LogP contribution in [0.25, 0.3) is 0 Å². The highest BCUT2D eigenvalue weighted by molar-refractivity contribution is 7.10. The minimum atomic E-state index is -0.0955. The lowest BCUT2D eigenvalue weighted by Gasteiger charge is -2.16. The molecule has 3 aromatic rings. The molecule has 0 radical (unpaired) electrons. The number of carbonyl (C=O) groups is 1. The van der Waals surface area contributed by atoms with Crippen LogP contribution in [-0.4, -0.2) is 26.7 Å². The second-order valence-corrected chi connectivity index (χ2v) is 8.35. The van der Waals surface area contributed by atoms with Crippen molar-refractivity contribution in [2.75, 3.05) is 26.1 Å². The zero-order chi connectivity index (χ0) is 21.5. The number of hydrogen-bond donors (Lipinski definition) is 2. The van der Waals surface area contributed by atoms with Gasteiger partial charge in [0.05, 0.1) is 24.8 Å². The van der Waals surface area contributed by atoms with Crippen LogP contribution in [0.15, 0.2) is 60.0 Å². The number of quaternary nitrogens is 1. The quantitative estimate of drug-likeness (QED) is 0.541. The number of methoxy groups -OCH3 is 2. The molecule has 1 heterocycles. The van der Waals surface area contributed by atoms with Crippen LogP contribution >= 0.6 is 11.3 Å². The Morgan fingerprint density at radius 1 is 1.03 bits per heavy atom. The first-order valence-corrected chi connectivity index (χ1v) is 10.9. The third-order valence-corrected chi connectivity index (χ3v) is 5.99. The average Bonchev–Trinajstić information content (AvgIpc) is 3.28. The van der Waals surface area contributed by atoms with Crippen molar-refractivity contribution in [3.63, 3.8) is 0 Å². The van der Waals surface area contributed by atoms with E-state index < -0.39 is 0 Å². The Bertz CT molecular complexity index is 953. The van der Waals surface area contributed by atoms with Crippen molar-refractivity contribution < 1.29 is 19.6 Å². The van der Waals surface area contributed by atoms with E-state index in [1.54, 1.807) is 43.8 Å². The van der Waals surface area contributed by atoms with Gasteiger partial charge in [0.15, 0.2) is 6.54 Å². The molecule has 0 saturated carbocycles. The zero-order valence-corrected chi connectivity index (χ0v) is 18.7. The number of rotatable bonds is 9. The summed E-state index contributed by atoms with van der Waals surface area (Å²) in [6.07, 6.45) is 0. The van der Waals surface area contributed by atoms with E-state index in [1.165, 1.54) is 16.0 Å². The molecule has 3 N–H and O–H groups in total. The first-order chi connectivity index (χ1) is 14.5. The SMILES string of the molecule is COc1ccc(OC)c(NC(=O)C[NH2+][C@H](c2ccc(C(C)C)cc2)c2cccs2)c1. The van der Waals surface area contributed by atoms with Gasteiger partial charge in [0.25, 0.3) is 5.91 Å². The summed E-state index contributed by atoms with van der Waals surface area (Å²) >= 11 is 1.70. The van der Waals surface area contributed by atoms with Gasteiger partial charge < -0.3 is 20.1 Å². The number of anilines is 1. The second kappa shape index (κ2) is 10.3. The first kappa shape index (κ1) is 21.9. The van der Waals surface area contributed by atoms with Gasteiger partial charge in [0.1, 0.15) is 17.5 Å². The Hall–Kier alpha value is -2.83. The van der Waals surface area contributed by atoms with E-state index in [1.807, 2.05) is 6.07 Å². The predicted octanol–water partition coefficient (Wildman–Crippen LogP) is 4.18. The van der Waals surface area contributed by atoms with Gasteiger partial charge >= 0.3 is 0 Å². The predicted molar refractivity (Wildman–Crippen MR) is 122 cm³/mol. The highest BCUT2D eigenvalue weighted by Gasteiger charge is 2.21. The standard InChI is InChI=1S/C24H28N2O3S/c1-16(2)17-7-9-18(10-8-17)24(22-6-5-13-30-22)25-15-23(27)26-20-14-19(28-3)11-12-21(20)29-4/h5-14,16,24-25H,15H2,1-4H3,(H,26,27)/p+1/t24-/m1/s1. The van der Waals surface area contributed by atoms with E-state index in [2.05, 4.69) is 60.2 Å². The fourth-order valence-corrected chi connectivity index (χ4v) is 4.16. The van der Waals surface area contributed by atoms with E-state index in [0.717, 1.165) is 0 Å². The Balaban J connectivity index is 1.72. The topological polar surface area (TPSA) is 64.2 Å². The van der Waals surface area contributed by atoms with Crippen molar-refractivity contribution in [2.45, 2.75) is 25.8 Å². The fourth-order valence-electron chi connectivity index (χ4n) is 3.31. The molecule has 1 atom stereocenters. The van der Waals surface area contributed by atoms with Crippen LogP contribution in [-0.2, 0) is 4.79 Å². The molecule has 0 bridgehead atoms. The van der Waals surface area contributed by atoms with E-state index in [0.29, 0.717) is 23.1 Å². The summed E-state index contributed by atoms with van der Waals surface area (Å²) in [6, 6.07) is 18.3. The van der Waals surface area contributed by atoms with Crippen molar-refractivity contribution in [3.8, 4) is 11.5 Å². The summed E-state index contributed by atoms with van der Waals surface area (Å²) in [7, 11) is 3.18. The summed E-state index contributed by atoms with van der Waals surface area (Å²) in [5.74, 6) is 1.66. The summed E-state index contributed by atoms with van der Waals surface area (Å²) in [5.41, 5.74) is 3.10. The summed E-state index contributed by atoms with van der Waals surface area (Å²) in [5, 5.41) is 7.08. The molecule has 158 valence electrons. The third kappa shape index (κ3) is 5.40. The Morgan fingerprint density at radius 2 is 1.77 bits per heavy atom. The van der Waals surface area contributed by atoms with Crippen molar-refractivity contribution >= 4 is 22.9 Å². The van der Waals surface area contributed by atoms with E-state index >= 15 is 0 Å². The minimum Gasteiger partial charge on any atom is -0.497 e. The van der Waals surface area contributed by atoms with Crippen molar-refractivity contribution in [2.24, 2.45) is 0 Å². The molecule has 0 aliphatic rings. The van der Waals surface area contributed by atoms with Gasteiger partial charge in [-0.05, 0) is 35.1 Å². The molecule has 0 saturated heterocycles. The lowest BCUT2D eigenvalue weighted by molar-refractivity contribution is -0.675. The summed E-state index contributed by atoms with van der Waals surface area (Å²) in [4.78, 5) is 13.9. The van der Waals surface area contributed by atoms with Crippen molar-refractivity contribution in [1.82, 2.24) is 0 Å². The Morgan fingerprint density at radius 3 is 2.37 bits per heavy atom. The van der Waals surface area contributed by atoms with Crippen LogP contribution in [0.2, 0.25) is 0 Å². The van der Waals surface area contributed by atoms with Gasteiger partial charge in [-0.25, -0.2) is 0 Å². The van der Waals surface area contributed by atoms with Crippen molar-refractivity contribution in [1.29, 1.82) is 0 Å². The van der Waals surface area contributed by atoms with Gasteiger partial charge in [-0.15, -0.1) is 11.3 Å². The molecule has 6 heteroatoms. The molecular weight excluding hydrogens is 396 g/mol. The van der Waals surface area contributed by atoms with Crippen LogP contribution < -0.4 is 20.1 Å². The fraction of sp³-hybridized carbons (Fsp3) is 0.292. The molecule has 0 aliphatic heterocycles. The Labute approximate surface area is 182 Å². The summed E-state index contributed by atoms with van der Waals surface area (Å²) in [6.45, 7) is 4.67. The largest absolute Gasteiger partial charge is 0.497 e. The maximum atomic E-state index is 12.7. The highest BCUT2D eigenvalue weighted by atomic mass is 32.1. The van der Waals surface area contributed by atoms with Gasteiger partial charge in [-0.3, -0.25) is 4.79 Å². The zero-order valence-electron chi connectivity index (χ0n) is 17.8. The molecule has 2 aromatic carbocycles. The number of nitrogens with two attached hydrogens (primary N) is 1. The average molecular weight is 426 g/mol. The molecule has 0 spiro atoms. The first-order valence-electron chi connectivity index (χ1n) is 10.00. The molecule has 0 unspecified atom stereocenters. The maximum Gasteiger partial charge on any atom is 0.279 e. The maximum absolute atomic E-state index is 12.7. The molecule has 0 fully saturated rings. The summed E-state index contributed by atoms with van der Waals surface area (Å²) < 4.78 is 10.6. The lowest BCUT2D eigenvalue weighted by Crippen LogP contribution is -2.87. The molecule has 5 nitrogen and oxygen atoms in total. The monoisotopic (exact) mass is 425 g/mol. The highest BCUT2D eigenvalue weighted by Crippen LogP contribution is 2.29. The smallest absolute Gasteiger partial charge is 0.279 e. The van der Waals surface area contributed by atoms with E-state index in [9.17, 15) is 4.79 Å². The number of nitrogens with one attached hydrogen (secondary N) is 1. The van der Waals surface area contributed by atoms with Gasteiger partial charge in [-0.2, -0.15) is 0 Å². The number of carbonyl (C=O) groups excluding carboxylic acids is 1. The molecule has 1 amide bonds. The van der Waals surface area contributed by atoms with E-state index in [-0.39, 0.29) is 18.5 Å². The Kier molecular flexibility index (Phi) is 7.49. The van der Waals surface area contributed by atoms with E-state index in [4.69, 9.17) is 9.47 Å². The molecule has 3 rings (SSSR count). The number of thiophene rings is 1. The molecule has 0 aliphatic carbocycles. The normalized spacial score (nSPS) is 11.9. The number of amides is 1. The number of hydrogen-bond acceptors (Lipinski definition) is 4. The van der Waals surface area contributed by atoms with Crippen LogP contribution in [0.1, 0.15) is 41.8 Å². The van der Waals surface area contributed by atoms with Crippen LogP contribution in [0.3, 0.4) is 0 Å². The number of benzene rings is 2. The van der Waals surface area contributed by atoms with Gasteiger partial charge in [0, 0.05) is 11.6 Å². The van der Waals surface area contributed by atoms with Crippen LogP contribution in [0, 0.1) is 0 Å². The minimum absolute atomic E-state index is 0.0733. The van der Waals surface area contributed by atoms with Gasteiger partial charge in [0.2, 0.25) is 0 Å². The molecule has 30 heavy (non-hydrogen) atoms. The lowest BCUT2D eigenvalue weighted by atomic mass is 9.98. The third-order valence-electron chi connectivity index (χ3n) is 5.03. The van der Waals surface area contributed by atoms with Crippen molar-refractivity contribution in [3.05, 3.63) is 76.0 Å². The molecule has 1 aromatic heterocycles. The second-order valence-electron chi connectivity index (χ2n) is 7.37.